The maximum Gasteiger partial charge on any atom is 0.0548 e. The van der Waals surface area contributed by atoms with E-state index in [2.05, 4.69) is 191 Å². The molecule has 0 aliphatic heterocycles. The number of para-hydroxylation sites is 2. The number of fused-ring (bicyclic) bond motifs is 10. The van der Waals surface area contributed by atoms with Crippen LogP contribution >= 0.6 is 11.3 Å². The summed E-state index contributed by atoms with van der Waals surface area (Å²) in [4.78, 5) is 0. The van der Waals surface area contributed by atoms with E-state index in [1.165, 1.54) is 91.7 Å². The summed E-state index contributed by atoms with van der Waals surface area (Å²) >= 11 is 1.87. The number of nitrogens with zero attached hydrogens (tertiary/aromatic N) is 2. The first-order valence-corrected chi connectivity index (χ1v) is 18.3. The molecule has 3 heteroatoms. The second-order valence-electron chi connectivity index (χ2n) is 13.3. The molecular weight excluding hydrogens is 637 g/mol. The van der Waals surface area contributed by atoms with Gasteiger partial charge in [-0.05, 0) is 89.0 Å². The number of hydrogen-bond donors (Lipinski definition) is 0. The molecule has 0 unspecified atom stereocenters. The minimum atomic E-state index is 1.15. The molecule has 2 nitrogen and oxygen atoms in total. The molecule has 3 heterocycles. The molecule has 3 aromatic heterocycles. The predicted molar refractivity (Wildman–Crippen MR) is 219 cm³/mol. The van der Waals surface area contributed by atoms with E-state index in [0.717, 1.165) is 5.69 Å². The van der Waals surface area contributed by atoms with Crippen molar-refractivity contribution in [2.24, 2.45) is 0 Å². The van der Waals surface area contributed by atoms with Gasteiger partial charge in [0.25, 0.3) is 0 Å². The van der Waals surface area contributed by atoms with Crippen molar-refractivity contribution in [2.45, 2.75) is 0 Å². The van der Waals surface area contributed by atoms with E-state index < -0.39 is 0 Å². The Morgan fingerprint density at radius 1 is 0.294 bits per heavy atom. The Morgan fingerprint density at radius 2 is 0.784 bits per heavy atom. The minimum absolute atomic E-state index is 1.15. The zero-order valence-electron chi connectivity index (χ0n) is 27.6. The minimum Gasteiger partial charge on any atom is -0.309 e. The molecule has 0 saturated heterocycles. The van der Waals surface area contributed by atoms with E-state index in [1.807, 2.05) is 11.3 Å². The van der Waals surface area contributed by atoms with Crippen LogP contribution in [-0.2, 0) is 0 Å². The van der Waals surface area contributed by atoms with Crippen molar-refractivity contribution in [1.29, 1.82) is 0 Å². The summed E-state index contributed by atoms with van der Waals surface area (Å²) in [5.74, 6) is 0. The first-order valence-electron chi connectivity index (χ1n) is 17.4. The third-order valence-corrected chi connectivity index (χ3v) is 11.6. The largest absolute Gasteiger partial charge is 0.309 e. The van der Waals surface area contributed by atoms with Crippen molar-refractivity contribution in [3.8, 4) is 33.6 Å². The third-order valence-electron chi connectivity index (χ3n) is 10.5. The topological polar surface area (TPSA) is 9.86 Å². The van der Waals surface area contributed by atoms with Gasteiger partial charge in [-0.2, -0.15) is 0 Å². The fourth-order valence-electron chi connectivity index (χ4n) is 8.26. The second kappa shape index (κ2) is 11.0. The Labute approximate surface area is 298 Å². The number of hydrogen-bond acceptors (Lipinski definition) is 1. The normalized spacial score (nSPS) is 11.9. The van der Waals surface area contributed by atoms with Gasteiger partial charge in [0.15, 0.2) is 0 Å². The summed E-state index contributed by atoms with van der Waals surface area (Å²) in [6.45, 7) is 0. The highest BCUT2D eigenvalue weighted by Crippen LogP contribution is 2.44. The Morgan fingerprint density at radius 3 is 1.39 bits per heavy atom. The van der Waals surface area contributed by atoms with Crippen LogP contribution in [0.25, 0.3) is 97.4 Å². The molecule has 0 spiro atoms. The summed E-state index contributed by atoms with van der Waals surface area (Å²) in [7, 11) is 0. The zero-order chi connectivity index (χ0) is 33.5. The molecule has 11 rings (SSSR count). The van der Waals surface area contributed by atoms with Crippen LogP contribution in [0.4, 0.5) is 0 Å². The van der Waals surface area contributed by atoms with Gasteiger partial charge in [-0.25, -0.2) is 0 Å². The Bertz CT molecular complexity index is 3070. The SMILES string of the molecule is c1ccc(-c2cc(-c3ccccc3)cc(-n3c4ccccc4c4c5c6ccccc6n(-c6ccc7sc8ccccc8c7c6)c5ccc43)c2)cc1. The smallest absolute Gasteiger partial charge is 0.0548 e. The lowest BCUT2D eigenvalue weighted by Gasteiger charge is -2.14. The highest BCUT2D eigenvalue weighted by molar-refractivity contribution is 7.25. The van der Waals surface area contributed by atoms with Gasteiger partial charge in [0, 0.05) is 53.1 Å². The monoisotopic (exact) mass is 666 g/mol. The van der Waals surface area contributed by atoms with Gasteiger partial charge in [0.1, 0.15) is 0 Å². The summed E-state index contributed by atoms with van der Waals surface area (Å²) in [5.41, 5.74) is 12.0. The van der Waals surface area contributed by atoms with Crippen LogP contribution in [0.2, 0.25) is 0 Å². The molecular formula is C48H30N2S. The number of aromatic nitrogens is 2. The number of benzene rings is 8. The average molecular weight is 667 g/mol. The van der Waals surface area contributed by atoms with Gasteiger partial charge in [0.2, 0.25) is 0 Å². The lowest BCUT2D eigenvalue weighted by Crippen LogP contribution is -1.96. The van der Waals surface area contributed by atoms with Gasteiger partial charge in [-0.1, -0.05) is 115 Å². The van der Waals surface area contributed by atoms with Crippen molar-refractivity contribution in [3.05, 3.63) is 182 Å². The fraction of sp³-hybridized carbons (Fsp3) is 0. The second-order valence-corrected chi connectivity index (χ2v) is 14.4. The van der Waals surface area contributed by atoms with Gasteiger partial charge in [0.05, 0.1) is 22.1 Å². The van der Waals surface area contributed by atoms with Crippen molar-refractivity contribution in [2.75, 3.05) is 0 Å². The van der Waals surface area contributed by atoms with Gasteiger partial charge in [-0.15, -0.1) is 11.3 Å². The Kier molecular flexibility index (Phi) is 6.16. The lowest BCUT2D eigenvalue weighted by atomic mass is 9.98. The summed E-state index contributed by atoms with van der Waals surface area (Å²) in [6.07, 6.45) is 0. The van der Waals surface area contributed by atoms with Gasteiger partial charge < -0.3 is 9.13 Å². The maximum absolute atomic E-state index is 2.47. The maximum atomic E-state index is 2.47. The Hall–Kier alpha value is -6.42. The van der Waals surface area contributed by atoms with Gasteiger partial charge in [-0.3, -0.25) is 0 Å². The first kappa shape index (κ1) is 28.4. The molecule has 0 aliphatic rings. The molecule has 0 N–H and O–H groups in total. The molecule has 8 aromatic carbocycles. The number of thiophene rings is 1. The zero-order valence-corrected chi connectivity index (χ0v) is 28.4. The van der Waals surface area contributed by atoms with E-state index in [-0.39, 0.29) is 0 Å². The average Bonchev–Trinajstić information content (AvgIpc) is 3.85. The van der Waals surface area contributed by atoms with E-state index >= 15 is 0 Å². The van der Waals surface area contributed by atoms with Crippen molar-refractivity contribution < 1.29 is 0 Å². The molecule has 0 atom stereocenters. The van der Waals surface area contributed by atoms with E-state index in [4.69, 9.17) is 0 Å². The molecule has 51 heavy (non-hydrogen) atoms. The van der Waals surface area contributed by atoms with Crippen LogP contribution in [-0.4, -0.2) is 9.13 Å². The molecule has 0 aliphatic carbocycles. The molecule has 0 fully saturated rings. The lowest BCUT2D eigenvalue weighted by molar-refractivity contribution is 1.17. The molecule has 238 valence electrons. The van der Waals surface area contributed by atoms with Crippen LogP contribution in [0.1, 0.15) is 0 Å². The number of rotatable bonds is 4. The molecule has 0 radical (unpaired) electrons. The highest BCUT2D eigenvalue weighted by atomic mass is 32.1. The van der Waals surface area contributed by atoms with Crippen LogP contribution in [0.15, 0.2) is 182 Å². The first-order chi connectivity index (χ1) is 25.3. The summed E-state index contributed by atoms with van der Waals surface area (Å²) in [5, 5.41) is 7.72. The van der Waals surface area contributed by atoms with Crippen LogP contribution in [0, 0.1) is 0 Å². The van der Waals surface area contributed by atoms with Gasteiger partial charge >= 0.3 is 0 Å². The molecule has 0 amide bonds. The highest BCUT2D eigenvalue weighted by Gasteiger charge is 2.21. The standard InChI is InChI=1S/C48H30N2S/c1-3-13-31(14-4-1)33-27-34(32-15-5-2-6-16-32)29-36(28-33)50-42-21-11-8-19-39(42)48-44(50)25-24-43-47(48)38-18-7-10-20-41(38)49(43)35-23-26-46-40(30-35)37-17-9-12-22-45(37)51-46/h1-30H. The van der Waals surface area contributed by atoms with Crippen LogP contribution in [0.3, 0.4) is 0 Å². The predicted octanol–water partition coefficient (Wildman–Crippen LogP) is 13.6. The molecule has 11 aromatic rings. The van der Waals surface area contributed by atoms with E-state index in [1.54, 1.807) is 0 Å². The molecule has 0 bridgehead atoms. The van der Waals surface area contributed by atoms with Crippen molar-refractivity contribution in [3.63, 3.8) is 0 Å². The summed E-state index contributed by atoms with van der Waals surface area (Å²) < 4.78 is 7.58. The molecule has 0 saturated carbocycles. The third kappa shape index (κ3) is 4.29. The van der Waals surface area contributed by atoms with Crippen LogP contribution < -0.4 is 0 Å². The van der Waals surface area contributed by atoms with Crippen LogP contribution in [0.5, 0.6) is 0 Å². The quantitative estimate of drug-likeness (QED) is 0.177. The fourth-order valence-corrected chi connectivity index (χ4v) is 9.35. The van der Waals surface area contributed by atoms with Crippen molar-refractivity contribution in [1.82, 2.24) is 9.13 Å². The van der Waals surface area contributed by atoms with Crippen molar-refractivity contribution >= 4 is 75.1 Å². The van der Waals surface area contributed by atoms with E-state index in [0.29, 0.717) is 0 Å². The Balaban J connectivity index is 1.23. The summed E-state index contributed by atoms with van der Waals surface area (Å²) in [6, 6.07) is 66.7. The van der Waals surface area contributed by atoms with E-state index in [9.17, 15) is 0 Å².